The smallest absolute Gasteiger partial charge is 0.368 e. The van der Waals surface area contributed by atoms with Crippen LogP contribution in [0.5, 0.6) is 0 Å². The van der Waals surface area contributed by atoms with E-state index < -0.39 is 52.6 Å². The monoisotopic (exact) mass is 672 g/mol. The summed E-state index contributed by atoms with van der Waals surface area (Å²) in [6, 6.07) is 22.3. The summed E-state index contributed by atoms with van der Waals surface area (Å²) in [4.78, 5) is 48.9. The zero-order valence-electron chi connectivity index (χ0n) is 26.0. The van der Waals surface area contributed by atoms with E-state index in [4.69, 9.17) is 17.3 Å². The highest BCUT2D eigenvalue weighted by atomic mass is 35.5. The Balaban J connectivity index is 1.42. The van der Waals surface area contributed by atoms with E-state index in [1.54, 1.807) is 31.3 Å². The van der Waals surface area contributed by atoms with Crippen molar-refractivity contribution in [2.45, 2.75) is 50.5 Å². The number of primary amides is 1. The van der Waals surface area contributed by atoms with Gasteiger partial charge in [-0.25, -0.2) is 0 Å². The highest BCUT2D eigenvalue weighted by Crippen LogP contribution is 2.39. The third-order valence-electron chi connectivity index (χ3n) is 8.98. The average molecular weight is 673 g/mol. The zero-order chi connectivity index (χ0) is 34.2. The maximum atomic E-state index is 14.7. The molecule has 0 saturated carbocycles. The Morgan fingerprint density at radius 3 is 2.50 bits per heavy atom. The molecule has 11 heteroatoms. The molecule has 2 N–H and O–H groups in total. The molecule has 3 amide bonds. The second-order valence-corrected chi connectivity index (χ2v) is 12.5. The van der Waals surface area contributed by atoms with Crippen LogP contribution in [-0.4, -0.2) is 51.1 Å². The fourth-order valence-corrected chi connectivity index (χ4v) is 6.81. The molecule has 3 atom stereocenters. The molecule has 1 saturated heterocycles. The summed E-state index contributed by atoms with van der Waals surface area (Å²) in [5.41, 5.74) is 6.92. The van der Waals surface area contributed by atoms with Gasteiger partial charge in [0.05, 0.1) is 22.5 Å². The van der Waals surface area contributed by atoms with Gasteiger partial charge in [-0.05, 0) is 71.1 Å². The quantitative estimate of drug-likeness (QED) is 0.204. The summed E-state index contributed by atoms with van der Waals surface area (Å²) < 4.78 is 42.2. The summed E-state index contributed by atoms with van der Waals surface area (Å²) in [5.74, 6) is -1.92. The third-order valence-corrected chi connectivity index (χ3v) is 9.31. The summed E-state index contributed by atoms with van der Waals surface area (Å²) in [6.45, 7) is 1.80. The predicted molar refractivity (Wildman–Crippen MR) is 178 cm³/mol. The molecule has 1 aliphatic rings. The van der Waals surface area contributed by atoms with Crippen LogP contribution in [0.2, 0.25) is 5.02 Å². The highest BCUT2D eigenvalue weighted by Gasteiger charge is 2.44. The minimum atomic E-state index is -4.82. The van der Waals surface area contributed by atoms with E-state index in [0.29, 0.717) is 5.56 Å². The SMILES string of the molecule is C[C@@H]1CCN([C@H](Cc2cccc3ccccc23)C(N)=O)C(=O)[C@H](c2ccc(Cl)c(C(F)(F)F)c2)N1C(=O)Cc1ccc2ncccc2c1. The summed E-state index contributed by atoms with van der Waals surface area (Å²) in [6.07, 6.45) is -2.93. The van der Waals surface area contributed by atoms with Crippen molar-refractivity contribution >= 4 is 51.0 Å². The van der Waals surface area contributed by atoms with Crippen LogP contribution in [0.15, 0.2) is 97.2 Å². The van der Waals surface area contributed by atoms with Gasteiger partial charge in [0.1, 0.15) is 12.1 Å². The van der Waals surface area contributed by atoms with E-state index >= 15 is 0 Å². The number of rotatable bonds is 7. The highest BCUT2D eigenvalue weighted by molar-refractivity contribution is 6.31. The first kappa shape index (κ1) is 33.0. The Hall–Kier alpha value is -4.96. The fraction of sp³-hybridized carbons (Fsp3) is 0.243. The number of halogens is 4. The molecule has 1 aromatic heterocycles. The third kappa shape index (κ3) is 6.57. The maximum Gasteiger partial charge on any atom is 0.417 e. The van der Waals surface area contributed by atoms with Gasteiger partial charge in [0.2, 0.25) is 11.8 Å². The molecule has 0 spiro atoms. The van der Waals surface area contributed by atoms with E-state index in [-0.39, 0.29) is 31.4 Å². The molecule has 1 fully saturated rings. The fourth-order valence-electron chi connectivity index (χ4n) is 6.58. The normalized spacial score (nSPS) is 17.8. The number of pyridine rings is 1. The number of nitrogens with two attached hydrogens (primary N) is 1. The van der Waals surface area contributed by atoms with Crippen LogP contribution in [0.3, 0.4) is 0 Å². The van der Waals surface area contributed by atoms with Gasteiger partial charge in [-0.1, -0.05) is 72.3 Å². The zero-order valence-corrected chi connectivity index (χ0v) is 26.7. The number of carbonyl (C=O) groups excluding carboxylic acids is 3. The lowest BCUT2D eigenvalue weighted by Crippen LogP contribution is -2.52. The van der Waals surface area contributed by atoms with Crippen LogP contribution in [0, 0.1) is 0 Å². The van der Waals surface area contributed by atoms with Gasteiger partial charge in [-0.2, -0.15) is 13.2 Å². The van der Waals surface area contributed by atoms with E-state index in [1.165, 1.54) is 15.9 Å². The number of hydrogen-bond donors (Lipinski definition) is 1. The lowest BCUT2D eigenvalue weighted by atomic mass is 9.96. The van der Waals surface area contributed by atoms with Crippen molar-refractivity contribution in [2.75, 3.05) is 6.54 Å². The molecule has 1 aliphatic heterocycles. The maximum absolute atomic E-state index is 14.7. The second kappa shape index (κ2) is 13.3. The number of hydrogen-bond acceptors (Lipinski definition) is 4. The standard InChI is InChI=1S/C37H32ClF3N4O3/c1-22-15-17-44(32(35(42)47)21-25-8-4-7-24-6-2-3-10-28(24)25)36(48)34(27-12-13-30(38)29(20-27)37(39,40)41)45(22)33(46)19-23-11-14-31-26(18-23)9-5-16-43-31/h2-14,16,18,20,22,32,34H,15,17,19,21H2,1H3,(H2,42,47)/t22-,32-,34+/m1/s1. The Kier molecular flexibility index (Phi) is 9.11. The molecule has 0 bridgehead atoms. The number of aromatic nitrogens is 1. The summed E-state index contributed by atoms with van der Waals surface area (Å²) in [7, 11) is 0. The van der Waals surface area contributed by atoms with E-state index in [1.807, 2.05) is 54.6 Å². The van der Waals surface area contributed by atoms with Gasteiger partial charge in [0, 0.05) is 30.6 Å². The van der Waals surface area contributed by atoms with Crippen LogP contribution < -0.4 is 5.73 Å². The largest absolute Gasteiger partial charge is 0.417 e. The lowest BCUT2D eigenvalue weighted by molar-refractivity contribution is -0.148. The number of nitrogens with zero attached hydrogens (tertiary/aromatic N) is 3. The van der Waals surface area contributed by atoms with Gasteiger partial charge >= 0.3 is 6.18 Å². The minimum Gasteiger partial charge on any atom is -0.368 e. The Morgan fingerprint density at radius 1 is 0.979 bits per heavy atom. The lowest BCUT2D eigenvalue weighted by Gasteiger charge is -2.36. The molecular weight excluding hydrogens is 641 g/mol. The van der Waals surface area contributed by atoms with Crippen LogP contribution in [0.1, 0.15) is 41.6 Å². The Bertz CT molecular complexity index is 2030. The molecule has 0 radical (unpaired) electrons. The van der Waals surface area contributed by atoms with Crippen molar-refractivity contribution in [1.82, 2.24) is 14.8 Å². The van der Waals surface area contributed by atoms with Crippen molar-refractivity contribution in [1.29, 1.82) is 0 Å². The minimum absolute atomic E-state index is 0.0556. The number of benzene rings is 4. The first-order valence-corrected chi connectivity index (χ1v) is 15.9. The van der Waals surface area contributed by atoms with Crippen LogP contribution >= 0.6 is 11.6 Å². The molecule has 6 rings (SSSR count). The second-order valence-electron chi connectivity index (χ2n) is 12.1. The van der Waals surface area contributed by atoms with Crippen molar-refractivity contribution < 1.29 is 27.6 Å². The summed E-state index contributed by atoms with van der Waals surface area (Å²) in [5, 5.41) is 2.10. The van der Waals surface area contributed by atoms with Crippen molar-refractivity contribution in [3.63, 3.8) is 0 Å². The average Bonchev–Trinajstić information content (AvgIpc) is 3.18. The van der Waals surface area contributed by atoms with Gasteiger partial charge in [-0.3, -0.25) is 19.4 Å². The molecule has 7 nitrogen and oxygen atoms in total. The first-order chi connectivity index (χ1) is 22.9. The van der Waals surface area contributed by atoms with Gasteiger partial charge in [0.15, 0.2) is 0 Å². The molecule has 4 aromatic carbocycles. The Labute approximate surface area is 280 Å². The van der Waals surface area contributed by atoms with Gasteiger partial charge < -0.3 is 15.5 Å². The number of fused-ring (bicyclic) bond motifs is 2. The molecule has 2 heterocycles. The molecule has 5 aromatic rings. The number of alkyl halides is 3. The van der Waals surface area contributed by atoms with Gasteiger partial charge in [0.25, 0.3) is 5.91 Å². The molecule has 0 unspecified atom stereocenters. The number of amides is 3. The van der Waals surface area contributed by atoms with E-state index in [0.717, 1.165) is 39.4 Å². The molecule has 48 heavy (non-hydrogen) atoms. The summed E-state index contributed by atoms with van der Waals surface area (Å²) >= 11 is 5.97. The van der Waals surface area contributed by atoms with E-state index in [9.17, 15) is 27.6 Å². The first-order valence-electron chi connectivity index (χ1n) is 15.5. The van der Waals surface area contributed by atoms with Crippen molar-refractivity contribution in [3.8, 4) is 0 Å². The van der Waals surface area contributed by atoms with Crippen LogP contribution in [-0.2, 0) is 33.4 Å². The van der Waals surface area contributed by atoms with Crippen molar-refractivity contribution in [2.24, 2.45) is 5.73 Å². The predicted octanol–water partition coefficient (Wildman–Crippen LogP) is 6.89. The molecular formula is C37H32ClF3N4O3. The Morgan fingerprint density at radius 2 is 1.73 bits per heavy atom. The van der Waals surface area contributed by atoms with Crippen molar-refractivity contribution in [3.05, 3.63) is 124 Å². The topological polar surface area (TPSA) is 96.6 Å². The van der Waals surface area contributed by atoms with Crippen LogP contribution in [0.4, 0.5) is 13.2 Å². The molecule has 246 valence electrons. The van der Waals surface area contributed by atoms with Crippen LogP contribution in [0.25, 0.3) is 21.7 Å². The van der Waals surface area contributed by atoms with Gasteiger partial charge in [-0.15, -0.1) is 0 Å². The number of carbonyl (C=O) groups is 3. The molecule has 0 aliphatic carbocycles. The van der Waals surface area contributed by atoms with E-state index in [2.05, 4.69) is 4.98 Å².